The number of hydrogen-bond acceptors (Lipinski definition) is 3. The molecule has 2 fully saturated rings. The Morgan fingerprint density at radius 1 is 1.27 bits per heavy atom. The van der Waals surface area contributed by atoms with E-state index >= 15 is 0 Å². The normalized spacial score (nSPS) is 24.7. The van der Waals surface area contributed by atoms with Crippen LogP contribution in [0.3, 0.4) is 0 Å². The Kier molecular flexibility index (Phi) is 4.98. The fraction of sp³-hybridized carbons (Fsp3) is 0.526. The molecule has 7 heteroatoms. The number of rotatable bonds is 5. The largest absolute Gasteiger partial charge is 0.352 e. The number of halogens is 1. The molecule has 2 aliphatic rings. The number of urea groups is 1. The van der Waals surface area contributed by atoms with Gasteiger partial charge in [-0.2, -0.15) is 0 Å². The molecule has 1 heterocycles. The first-order valence-corrected chi connectivity index (χ1v) is 8.94. The zero-order chi connectivity index (χ0) is 18.9. The van der Waals surface area contributed by atoms with Crippen molar-refractivity contribution in [2.75, 3.05) is 6.54 Å². The summed E-state index contributed by atoms with van der Waals surface area (Å²) < 4.78 is 13.0. The SMILES string of the molecule is CC1(C)NC(=O)N(CC(=O)NC2CCCC2Cc2ccc(F)cc2)C1=O. The molecule has 1 saturated heterocycles. The molecular formula is C19H24FN3O3. The smallest absolute Gasteiger partial charge is 0.325 e. The highest BCUT2D eigenvalue weighted by atomic mass is 19.1. The van der Waals surface area contributed by atoms with Gasteiger partial charge in [-0.3, -0.25) is 14.5 Å². The fourth-order valence-electron chi connectivity index (χ4n) is 3.75. The van der Waals surface area contributed by atoms with E-state index < -0.39 is 17.5 Å². The second-order valence-electron chi connectivity index (χ2n) is 7.64. The number of hydrogen-bond donors (Lipinski definition) is 2. The fourth-order valence-corrected chi connectivity index (χ4v) is 3.75. The van der Waals surface area contributed by atoms with Crippen molar-refractivity contribution < 1.29 is 18.8 Å². The van der Waals surface area contributed by atoms with E-state index in [1.165, 1.54) is 12.1 Å². The van der Waals surface area contributed by atoms with E-state index in [1.54, 1.807) is 26.0 Å². The second kappa shape index (κ2) is 7.05. The molecule has 0 bridgehead atoms. The summed E-state index contributed by atoms with van der Waals surface area (Å²) in [6.45, 7) is 2.95. The Morgan fingerprint density at radius 2 is 1.96 bits per heavy atom. The average Bonchev–Trinajstić information content (AvgIpc) is 3.07. The number of benzene rings is 1. The third kappa shape index (κ3) is 3.86. The van der Waals surface area contributed by atoms with E-state index in [4.69, 9.17) is 0 Å². The van der Waals surface area contributed by atoms with Crippen molar-refractivity contribution in [3.05, 3.63) is 35.6 Å². The van der Waals surface area contributed by atoms with Crippen LogP contribution in [0.1, 0.15) is 38.7 Å². The third-order valence-electron chi connectivity index (χ3n) is 5.16. The van der Waals surface area contributed by atoms with E-state index in [0.29, 0.717) is 0 Å². The van der Waals surface area contributed by atoms with Gasteiger partial charge in [-0.15, -0.1) is 0 Å². The molecule has 0 aromatic heterocycles. The molecule has 3 rings (SSSR count). The van der Waals surface area contributed by atoms with Crippen molar-refractivity contribution in [1.29, 1.82) is 0 Å². The summed E-state index contributed by atoms with van der Waals surface area (Å²) in [5.74, 6) is -0.723. The van der Waals surface area contributed by atoms with E-state index in [-0.39, 0.29) is 30.2 Å². The molecular weight excluding hydrogens is 337 g/mol. The molecule has 0 radical (unpaired) electrons. The summed E-state index contributed by atoms with van der Waals surface area (Å²) in [6, 6.07) is 5.88. The topological polar surface area (TPSA) is 78.5 Å². The van der Waals surface area contributed by atoms with Crippen molar-refractivity contribution in [3.63, 3.8) is 0 Å². The van der Waals surface area contributed by atoms with Gasteiger partial charge in [-0.25, -0.2) is 9.18 Å². The molecule has 0 spiro atoms. The van der Waals surface area contributed by atoms with Gasteiger partial charge in [0.2, 0.25) is 5.91 Å². The molecule has 26 heavy (non-hydrogen) atoms. The van der Waals surface area contributed by atoms with Crippen LogP contribution in [0.25, 0.3) is 0 Å². The predicted molar refractivity (Wildman–Crippen MR) is 93.7 cm³/mol. The lowest BCUT2D eigenvalue weighted by molar-refractivity contribution is -0.134. The summed E-state index contributed by atoms with van der Waals surface area (Å²) >= 11 is 0. The maximum atomic E-state index is 13.0. The van der Waals surface area contributed by atoms with Crippen LogP contribution >= 0.6 is 0 Å². The highest BCUT2D eigenvalue weighted by Gasteiger charge is 2.45. The van der Waals surface area contributed by atoms with Gasteiger partial charge in [0.25, 0.3) is 5.91 Å². The minimum absolute atomic E-state index is 0.00123. The number of carbonyl (C=O) groups is 3. The molecule has 4 amide bonds. The summed E-state index contributed by atoms with van der Waals surface area (Å²) in [6.07, 6.45) is 3.62. The van der Waals surface area contributed by atoms with Crippen LogP contribution < -0.4 is 10.6 Å². The van der Waals surface area contributed by atoms with Crippen LogP contribution in [0, 0.1) is 11.7 Å². The van der Waals surface area contributed by atoms with Crippen molar-refractivity contribution >= 4 is 17.8 Å². The molecule has 2 atom stereocenters. The lowest BCUT2D eigenvalue weighted by Gasteiger charge is -2.22. The molecule has 1 aliphatic heterocycles. The Morgan fingerprint density at radius 3 is 2.58 bits per heavy atom. The standard InChI is InChI=1S/C19H24FN3O3/c1-19(2)17(25)23(18(26)22-19)11-16(24)21-15-5-3-4-13(15)10-12-6-8-14(20)9-7-12/h6-9,13,15H,3-5,10-11H2,1-2H3,(H,21,24)(H,22,26). The van der Waals surface area contributed by atoms with Crippen LogP contribution in [0.15, 0.2) is 24.3 Å². The lowest BCUT2D eigenvalue weighted by Crippen LogP contribution is -2.46. The van der Waals surface area contributed by atoms with Crippen molar-refractivity contribution in [1.82, 2.24) is 15.5 Å². The molecule has 6 nitrogen and oxygen atoms in total. The molecule has 140 valence electrons. The van der Waals surface area contributed by atoms with Crippen molar-refractivity contribution in [3.8, 4) is 0 Å². The first-order chi connectivity index (χ1) is 12.3. The molecule has 1 saturated carbocycles. The second-order valence-corrected chi connectivity index (χ2v) is 7.64. The number of imide groups is 1. The quantitative estimate of drug-likeness (QED) is 0.787. The van der Waals surface area contributed by atoms with Crippen molar-refractivity contribution in [2.45, 2.75) is 51.1 Å². The van der Waals surface area contributed by atoms with Gasteiger partial charge in [0.15, 0.2) is 0 Å². The summed E-state index contributed by atoms with van der Waals surface area (Å²) in [4.78, 5) is 37.4. The van der Waals surface area contributed by atoms with E-state index in [1.807, 2.05) is 0 Å². The van der Waals surface area contributed by atoms with Crippen LogP contribution in [0.2, 0.25) is 0 Å². The summed E-state index contributed by atoms with van der Waals surface area (Å²) in [5, 5.41) is 5.53. The summed E-state index contributed by atoms with van der Waals surface area (Å²) in [7, 11) is 0. The number of nitrogens with one attached hydrogen (secondary N) is 2. The Balaban J connectivity index is 1.57. The van der Waals surface area contributed by atoms with Gasteiger partial charge in [0.1, 0.15) is 17.9 Å². The number of nitrogens with zero attached hydrogens (tertiary/aromatic N) is 1. The lowest BCUT2D eigenvalue weighted by atomic mass is 9.94. The van der Waals surface area contributed by atoms with Crippen LogP contribution in [0.4, 0.5) is 9.18 Å². The van der Waals surface area contributed by atoms with Crippen LogP contribution in [-0.4, -0.2) is 40.9 Å². The third-order valence-corrected chi connectivity index (χ3v) is 5.16. The first-order valence-electron chi connectivity index (χ1n) is 8.94. The van der Waals surface area contributed by atoms with Gasteiger partial charge >= 0.3 is 6.03 Å². The van der Waals surface area contributed by atoms with Crippen molar-refractivity contribution in [2.24, 2.45) is 5.92 Å². The maximum absolute atomic E-state index is 13.0. The minimum atomic E-state index is -0.976. The van der Waals surface area contributed by atoms with Crippen LogP contribution in [0.5, 0.6) is 0 Å². The molecule has 2 N–H and O–H groups in total. The van der Waals surface area contributed by atoms with Gasteiger partial charge in [-0.1, -0.05) is 18.6 Å². The first kappa shape index (κ1) is 18.4. The Bertz CT molecular complexity index is 717. The summed E-state index contributed by atoms with van der Waals surface area (Å²) in [5.41, 5.74) is 0.0592. The molecule has 2 unspecified atom stereocenters. The zero-order valence-corrected chi connectivity index (χ0v) is 15.0. The predicted octanol–water partition coefficient (Wildman–Crippen LogP) is 1.98. The van der Waals surface area contributed by atoms with E-state index in [2.05, 4.69) is 10.6 Å². The van der Waals surface area contributed by atoms with Gasteiger partial charge in [-0.05, 0) is 56.7 Å². The molecule has 1 aromatic rings. The molecule has 1 aliphatic carbocycles. The van der Waals surface area contributed by atoms with E-state index in [9.17, 15) is 18.8 Å². The van der Waals surface area contributed by atoms with Crippen LogP contribution in [-0.2, 0) is 16.0 Å². The number of carbonyl (C=O) groups excluding carboxylic acids is 3. The highest BCUT2D eigenvalue weighted by Crippen LogP contribution is 2.29. The number of amides is 4. The maximum Gasteiger partial charge on any atom is 0.325 e. The van der Waals surface area contributed by atoms with Gasteiger partial charge in [0.05, 0.1) is 0 Å². The van der Waals surface area contributed by atoms with Gasteiger partial charge in [0, 0.05) is 6.04 Å². The van der Waals surface area contributed by atoms with E-state index in [0.717, 1.165) is 36.1 Å². The Labute approximate surface area is 152 Å². The zero-order valence-electron chi connectivity index (χ0n) is 15.0. The molecule has 1 aromatic carbocycles. The Hall–Kier alpha value is -2.44. The average molecular weight is 361 g/mol. The highest BCUT2D eigenvalue weighted by molar-refractivity contribution is 6.08. The monoisotopic (exact) mass is 361 g/mol. The van der Waals surface area contributed by atoms with Gasteiger partial charge < -0.3 is 10.6 Å². The minimum Gasteiger partial charge on any atom is -0.352 e.